The normalized spacial score (nSPS) is 16.4. The van der Waals surface area contributed by atoms with Crippen LogP contribution in [0.5, 0.6) is 0 Å². The van der Waals surface area contributed by atoms with E-state index in [0.29, 0.717) is 30.2 Å². The molecule has 1 aliphatic rings. The fourth-order valence-corrected chi connectivity index (χ4v) is 3.48. The summed E-state index contributed by atoms with van der Waals surface area (Å²) in [5.41, 5.74) is 2.45. The molecule has 1 aromatic carbocycles. The Morgan fingerprint density at radius 3 is 2.72 bits per heavy atom. The molecule has 1 unspecified atom stereocenters. The Labute approximate surface area is 176 Å². The third kappa shape index (κ3) is 5.26. The van der Waals surface area contributed by atoms with Crippen molar-refractivity contribution in [3.8, 4) is 0 Å². The molecule has 1 aliphatic heterocycles. The van der Waals surface area contributed by atoms with Gasteiger partial charge in [-0.15, -0.1) is 0 Å². The second-order valence-corrected chi connectivity index (χ2v) is 8.05. The van der Waals surface area contributed by atoms with E-state index in [4.69, 9.17) is 16.3 Å². The molecular formula is C22H26ClN3O3. The molecule has 1 atom stereocenters. The van der Waals surface area contributed by atoms with Gasteiger partial charge in [-0.05, 0) is 54.2 Å². The van der Waals surface area contributed by atoms with Crippen molar-refractivity contribution >= 4 is 35.0 Å². The van der Waals surface area contributed by atoms with E-state index in [-0.39, 0.29) is 23.7 Å². The molecule has 1 amide bonds. The van der Waals surface area contributed by atoms with E-state index < -0.39 is 0 Å². The molecule has 0 saturated carbocycles. The van der Waals surface area contributed by atoms with Crippen molar-refractivity contribution < 1.29 is 14.3 Å². The maximum Gasteiger partial charge on any atom is 0.306 e. The molecule has 154 valence electrons. The Morgan fingerprint density at radius 2 is 2.07 bits per heavy atom. The number of carbonyl (C=O) groups excluding carboxylic acids is 2. The zero-order valence-electron chi connectivity index (χ0n) is 16.9. The lowest BCUT2D eigenvalue weighted by molar-refractivity contribution is -0.149. The van der Waals surface area contributed by atoms with E-state index in [0.717, 1.165) is 23.5 Å². The zero-order valence-corrected chi connectivity index (χ0v) is 17.7. The molecule has 1 saturated heterocycles. The van der Waals surface area contributed by atoms with Crippen molar-refractivity contribution in [3.05, 3.63) is 52.7 Å². The van der Waals surface area contributed by atoms with Crippen LogP contribution in [0.1, 0.15) is 48.5 Å². The lowest BCUT2D eigenvalue weighted by Crippen LogP contribution is -2.34. The molecule has 29 heavy (non-hydrogen) atoms. The number of aromatic nitrogens is 1. The highest BCUT2D eigenvalue weighted by molar-refractivity contribution is 6.30. The van der Waals surface area contributed by atoms with E-state index in [9.17, 15) is 9.59 Å². The zero-order chi connectivity index (χ0) is 21.0. The average Bonchev–Trinajstić information content (AvgIpc) is 2.71. The van der Waals surface area contributed by atoms with Crippen LogP contribution in [0.25, 0.3) is 0 Å². The van der Waals surface area contributed by atoms with Crippen LogP contribution < -0.4 is 10.2 Å². The van der Waals surface area contributed by atoms with Gasteiger partial charge in [0.2, 0.25) is 0 Å². The number of esters is 1. The van der Waals surface area contributed by atoms with Crippen LogP contribution >= 0.6 is 11.6 Å². The molecule has 1 aromatic heterocycles. The number of hydrogen-bond donors (Lipinski definition) is 1. The van der Waals surface area contributed by atoms with Crippen molar-refractivity contribution in [2.24, 2.45) is 5.92 Å². The molecule has 0 bridgehead atoms. The van der Waals surface area contributed by atoms with Gasteiger partial charge < -0.3 is 15.0 Å². The minimum atomic E-state index is -0.199. The summed E-state index contributed by atoms with van der Waals surface area (Å²) in [6, 6.07) is 9.47. The van der Waals surface area contributed by atoms with Crippen LogP contribution in [-0.4, -0.2) is 37.1 Å². The first-order valence-corrected chi connectivity index (χ1v) is 10.2. The number of anilines is 2. The van der Waals surface area contributed by atoms with Crippen molar-refractivity contribution in [2.75, 3.05) is 25.1 Å². The smallest absolute Gasteiger partial charge is 0.306 e. The van der Waals surface area contributed by atoms with Gasteiger partial charge in [0.05, 0.1) is 18.6 Å². The number of hydrogen-bond acceptors (Lipinski definition) is 5. The molecule has 6 nitrogen and oxygen atoms in total. The first-order chi connectivity index (χ1) is 13.8. The van der Waals surface area contributed by atoms with Gasteiger partial charge in [-0.2, -0.15) is 0 Å². The van der Waals surface area contributed by atoms with Crippen molar-refractivity contribution in [2.45, 2.75) is 32.6 Å². The second kappa shape index (κ2) is 9.27. The number of nitrogens with one attached hydrogen (secondary N) is 1. The molecule has 1 fully saturated rings. The largest absolute Gasteiger partial charge is 0.466 e. The quantitative estimate of drug-likeness (QED) is 0.712. The fraction of sp³-hybridized carbons (Fsp3) is 0.409. The Kier molecular flexibility index (Phi) is 6.75. The highest BCUT2D eigenvalue weighted by atomic mass is 35.5. The number of ether oxygens (including phenoxy) is 1. The van der Waals surface area contributed by atoms with E-state index >= 15 is 0 Å². The Hall–Kier alpha value is -2.60. The summed E-state index contributed by atoms with van der Waals surface area (Å²) in [4.78, 5) is 30.7. The van der Waals surface area contributed by atoms with Crippen LogP contribution in [-0.2, 0) is 9.53 Å². The standard InChI is InChI=1S/C22H26ClN3O3/c1-14(2)18-11-20(26(3)17-6-4-16(23)5-7-17)24-13-19(18)22(28)25-12-15-8-9-29-21(27)10-15/h4-7,11,13-15H,8-10,12H2,1-3H3,(H,25,28). The summed E-state index contributed by atoms with van der Waals surface area (Å²) in [6.07, 6.45) is 2.74. The Bertz CT molecular complexity index is 883. The van der Waals surface area contributed by atoms with Crippen molar-refractivity contribution in [1.82, 2.24) is 10.3 Å². The van der Waals surface area contributed by atoms with Crippen LogP contribution in [0.2, 0.25) is 5.02 Å². The van der Waals surface area contributed by atoms with Gasteiger partial charge in [-0.3, -0.25) is 9.59 Å². The first-order valence-electron chi connectivity index (χ1n) is 9.78. The van der Waals surface area contributed by atoms with Gasteiger partial charge in [-0.25, -0.2) is 4.98 Å². The Balaban J connectivity index is 1.75. The van der Waals surface area contributed by atoms with E-state index in [1.54, 1.807) is 6.20 Å². The van der Waals surface area contributed by atoms with Gasteiger partial charge in [0, 0.05) is 30.5 Å². The minimum Gasteiger partial charge on any atom is -0.466 e. The first kappa shape index (κ1) is 21.1. The van der Waals surface area contributed by atoms with E-state index in [2.05, 4.69) is 24.1 Å². The predicted molar refractivity (Wildman–Crippen MR) is 114 cm³/mol. The molecule has 7 heteroatoms. The lowest BCUT2D eigenvalue weighted by atomic mass is 9.97. The maximum absolute atomic E-state index is 12.8. The lowest BCUT2D eigenvalue weighted by Gasteiger charge is -2.23. The summed E-state index contributed by atoms with van der Waals surface area (Å²) in [7, 11) is 1.93. The number of carbonyl (C=O) groups is 2. The van der Waals surface area contributed by atoms with E-state index in [1.165, 1.54) is 0 Å². The molecule has 1 N–H and O–H groups in total. The molecule has 2 heterocycles. The molecule has 3 rings (SSSR count). The topological polar surface area (TPSA) is 71.5 Å². The SMILES string of the molecule is CC(C)c1cc(N(C)c2ccc(Cl)cc2)ncc1C(=O)NCC1CCOC(=O)C1. The summed E-state index contributed by atoms with van der Waals surface area (Å²) in [5.74, 6) is 0.657. The summed E-state index contributed by atoms with van der Waals surface area (Å²) >= 11 is 5.97. The van der Waals surface area contributed by atoms with Crippen LogP contribution in [0.4, 0.5) is 11.5 Å². The van der Waals surface area contributed by atoms with E-state index in [1.807, 2.05) is 42.3 Å². The fourth-order valence-electron chi connectivity index (χ4n) is 3.35. The van der Waals surface area contributed by atoms with Crippen LogP contribution in [0, 0.1) is 5.92 Å². The predicted octanol–water partition coefficient (Wildman–Crippen LogP) is 4.31. The van der Waals surface area contributed by atoms with Gasteiger partial charge in [0.25, 0.3) is 5.91 Å². The number of halogens is 1. The molecule has 0 spiro atoms. The van der Waals surface area contributed by atoms with Crippen molar-refractivity contribution in [1.29, 1.82) is 0 Å². The molecule has 2 aromatic rings. The summed E-state index contributed by atoms with van der Waals surface area (Å²) in [6.45, 7) is 4.98. The highest BCUT2D eigenvalue weighted by Crippen LogP contribution is 2.28. The monoisotopic (exact) mass is 415 g/mol. The summed E-state index contributed by atoms with van der Waals surface area (Å²) < 4.78 is 4.96. The number of nitrogens with zero attached hydrogens (tertiary/aromatic N) is 2. The molecule has 0 aliphatic carbocycles. The van der Waals surface area contributed by atoms with Gasteiger partial charge in [0.1, 0.15) is 5.82 Å². The van der Waals surface area contributed by atoms with Crippen LogP contribution in [0.3, 0.4) is 0 Å². The third-order valence-electron chi connectivity index (χ3n) is 5.14. The number of benzene rings is 1. The molecular weight excluding hydrogens is 390 g/mol. The minimum absolute atomic E-state index is 0.117. The van der Waals surface area contributed by atoms with Gasteiger partial charge in [0.15, 0.2) is 0 Å². The molecule has 0 radical (unpaired) electrons. The average molecular weight is 416 g/mol. The number of cyclic esters (lactones) is 1. The van der Waals surface area contributed by atoms with Gasteiger partial charge in [-0.1, -0.05) is 25.4 Å². The number of amides is 1. The maximum atomic E-state index is 12.8. The van der Waals surface area contributed by atoms with Crippen molar-refractivity contribution in [3.63, 3.8) is 0 Å². The Morgan fingerprint density at radius 1 is 1.34 bits per heavy atom. The number of rotatable bonds is 6. The van der Waals surface area contributed by atoms with Gasteiger partial charge >= 0.3 is 5.97 Å². The third-order valence-corrected chi connectivity index (χ3v) is 5.39. The number of pyridine rings is 1. The van der Waals surface area contributed by atoms with Crippen LogP contribution in [0.15, 0.2) is 36.5 Å². The highest BCUT2D eigenvalue weighted by Gasteiger charge is 2.23. The summed E-state index contributed by atoms with van der Waals surface area (Å²) in [5, 5.41) is 3.63. The second-order valence-electron chi connectivity index (χ2n) is 7.61.